The minimum Gasteiger partial charge on any atom is -0.338 e. The van der Waals surface area contributed by atoms with E-state index in [9.17, 15) is 4.79 Å². The van der Waals surface area contributed by atoms with Crippen molar-refractivity contribution in [3.05, 3.63) is 0 Å². The summed E-state index contributed by atoms with van der Waals surface area (Å²) in [6.45, 7) is 2.85. The van der Waals surface area contributed by atoms with Gasteiger partial charge in [-0.2, -0.15) is 11.8 Å². The minimum absolute atomic E-state index is 0.175. The SMILES string of the molecule is CSCCCCCNC(=O)N1C[C@@H]2CCC[C@H]2C1. The Labute approximate surface area is 115 Å². The first kappa shape index (κ1) is 14.0. The van der Waals surface area contributed by atoms with Gasteiger partial charge in [0.1, 0.15) is 0 Å². The van der Waals surface area contributed by atoms with Crippen LogP contribution in [-0.2, 0) is 0 Å². The third-order valence-corrected chi connectivity index (χ3v) is 5.01. The van der Waals surface area contributed by atoms with Crippen molar-refractivity contribution < 1.29 is 4.79 Å². The molecule has 0 aromatic carbocycles. The van der Waals surface area contributed by atoms with Crippen LogP contribution in [0.4, 0.5) is 4.79 Å². The average molecular weight is 270 g/mol. The molecule has 104 valence electrons. The first-order valence-electron chi connectivity index (χ1n) is 7.33. The van der Waals surface area contributed by atoms with E-state index in [0.29, 0.717) is 0 Å². The van der Waals surface area contributed by atoms with Crippen molar-refractivity contribution in [2.45, 2.75) is 38.5 Å². The molecule has 1 aliphatic carbocycles. The van der Waals surface area contributed by atoms with Gasteiger partial charge in [-0.1, -0.05) is 12.8 Å². The van der Waals surface area contributed by atoms with Crippen LogP contribution in [0.1, 0.15) is 38.5 Å². The molecule has 18 heavy (non-hydrogen) atoms. The number of carbonyl (C=O) groups is 1. The molecule has 2 amide bonds. The van der Waals surface area contributed by atoms with Gasteiger partial charge in [-0.25, -0.2) is 4.79 Å². The summed E-state index contributed by atoms with van der Waals surface area (Å²) >= 11 is 1.90. The highest BCUT2D eigenvalue weighted by Gasteiger charge is 2.37. The molecule has 1 N–H and O–H groups in total. The summed E-state index contributed by atoms with van der Waals surface area (Å²) in [6.07, 6.45) is 9.81. The van der Waals surface area contributed by atoms with Gasteiger partial charge < -0.3 is 10.2 Å². The molecule has 1 saturated carbocycles. The lowest BCUT2D eigenvalue weighted by Crippen LogP contribution is -2.39. The van der Waals surface area contributed by atoms with E-state index in [2.05, 4.69) is 11.6 Å². The number of hydrogen-bond acceptors (Lipinski definition) is 2. The number of nitrogens with zero attached hydrogens (tertiary/aromatic N) is 1. The number of amides is 2. The third kappa shape index (κ3) is 3.81. The van der Waals surface area contributed by atoms with E-state index >= 15 is 0 Å². The maximum absolute atomic E-state index is 12.0. The lowest BCUT2D eigenvalue weighted by Gasteiger charge is -2.18. The molecule has 0 bridgehead atoms. The fraction of sp³-hybridized carbons (Fsp3) is 0.929. The molecule has 2 atom stereocenters. The monoisotopic (exact) mass is 270 g/mol. The molecule has 2 aliphatic rings. The van der Waals surface area contributed by atoms with Crippen molar-refractivity contribution >= 4 is 17.8 Å². The summed E-state index contributed by atoms with van der Waals surface area (Å²) in [7, 11) is 0. The summed E-state index contributed by atoms with van der Waals surface area (Å²) < 4.78 is 0. The lowest BCUT2D eigenvalue weighted by molar-refractivity contribution is 0.205. The normalized spacial score (nSPS) is 26.4. The van der Waals surface area contributed by atoms with Crippen LogP contribution in [0, 0.1) is 11.8 Å². The van der Waals surface area contributed by atoms with Gasteiger partial charge in [-0.05, 0) is 49.5 Å². The van der Waals surface area contributed by atoms with Crippen molar-refractivity contribution in [2.24, 2.45) is 11.8 Å². The van der Waals surface area contributed by atoms with Gasteiger partial charge in [0.15, 0.2) is 0 Å². The van der Waals surface area contributed by atoms with E-state index in [1.165, 1.54) is 37.9 Å². The van der Waals surface area contributed by atoms with Crippen LogP contribution in [-0.4, -0.2) is 42.6 Å². The van der Waals surface area contributed by atoms with Crippen LogP contribution in [0.5, 0.6) is 0 Å². The molecule has 0 aromatic rings. The summed E-state index contributed by atoms with van der Waals surface area (Å²) in [5, 5.41) is 3.07. The van der Waals surface area contributed by atoms with Crippen molar-refractivity contribution in [1.82, 2.24) is 10.2 Å². The first-order valence-corrected chi connectivity index (χ1v) is 8.72. The maximum atomic E-state index is 12.0. The van der Waals surface area contributed by atoms with Gasteiger partial charge in [0.2, 0.25) is 0 Å². The maximum Gasteiger partial charge on any atom is 0.317 e. The molecule has 0 radical (unpaired) electrons. The summed E-state index contributed by atoms with van der Waals surface area (Å²) in [5.74, 6) is 2.85. The van der Waals surface area contributed by atoms with Crippen molar-refractivity contribution in [3.8, 4) is 0 Å². The second-order valence-electron chi connectivity index (χ2n) is 5.64. The number of rotatable bonds is 6. The molecule has 0 spiro atoms. The second-order valence-corrected chi connectivity index (χ2v) is 6.63. The molecule has 1 saturated heterocycles. The van der Waals surface area contributed by atoms with Crippen molar-refractivity contribution in [2.75, 3.05) is 31.6 Å². The van der Waals surface area contributed by atoms with E-state index in [-0.39, 0.29) is 6.03 Å². The van der Waals surface area contributed by atoms with Crippen LogP contribution in [0.25, 0.3) is 0 Å². The predicted octanol–water partition coefficient (Wildman–Crippen LogP) is 2.96. The number of fused-ring (bicyclic) bond motifs is 1. The number of unbranched alkanes of at least 4 members (excludes halogenated alkanes) is 2. The third-order valence-electron chi connectivity index (χ3n) is 4.31. The Morgan fingerprint density at radius 2 is 1.94 bits per heavy atom. The highest BCUT2D eigenvalue weighted by molar-refractivity contribution is 7.98. The zero-order valence-corrected chi connectivity index (χ0v) is 12.3. The molecule has 4 heteroatoms. The van der Waals surface area contributed by atoms with E-state index < -0.39 is 0 Å². The molecular formula is C14H26N2OS. The van der Waals surface area contributed by atoms with Crippen LogP contribution in [0.15, 0.2) is 0 Å². The van der Waals surface area contributed by atoms with Gasteiger partial charge in [-0.3, -0.25) is 0 Å². The topological polar surface area (TPSA) is 32.3 Å². The Morgan fingerprint density at radius 3 is 2.61 bits per heavy atom. The molecule has 0 aromatic heterocycles. The first-order chi connectivity index (χ1) is 8.81. The van der Waals surface area contributed by atoms with E-state index in [4.69, 9.17) is 0 Å². The molecule has 2 rings (SSSR count). The number of thioether (sulfide) groups is 1. The fourth-order valence-electron chi connectivity index (χ4n) is 3.26. The average Bonchev–Trinajstić information content (AvgIpc) is 2.93. The zero-order valence-electron chi connectivity index (χ0n) is 11.5. The van der Waals surface area contributed by atoms with Gasteiger partial charge in [0, 0.05) is 19.6 Å². The standard InChI is InChI=1S/C14H26N2OS/c1-18-9-4-2-3-8-15-14(17)16-10-12-6-5-7-13(12)11-16/h12-13H,2-11H2,1H3,(H,15,17)/t12-,13-/m0/s1. The molecular weight excluding hydrogens is 244 g/mol. The summed E-state index contributed by atoms with van der Waals surface area (Å²) in [4.78, 5) is 14.0. The van der Waals surface area contributed by atoms with Crippen LogP contribution in [0.2, 0.25) is 0 Å². The van der Waals surface area contributed by atoms with E-state index in [0.717, 1.165) is 37.9 Å². The molecule has 1 heterocycles. The van der Waals surface area contributed by atoms with Crippen molar-refractivity contribution in [1.29, 1.82) is 0 Å². The van der Waals surface area contributed by atoms with Crippen LogP contribution >= 0.6 is 11.8 Å². The molecule has 3 nitrogen and oxygen atoms in total. The summed E-state index contributed by atoms with van der Waals surface area (Å²) in [5.41, 5.74) is 0. The highest BCUT2D eigenvalue weighted by atomic mass is 32.2. The van der Waals surface area contributed by atoms with Gasteiger partial charge in [0.05, 0.1) is 0 Å². The minimum atomic E-state index is 0.175. The summed E-state index contributed by atoms with van der Waals surface area (Å²) in [6, 6.07) is 0.175. The van der Waals surface area contributed by atoms with E-state index in [1.54, 1.807) is 0 Å². The number of likely N-dealkylation sites (tertiary alicyclic amines) is 1. The Hall–Kier alpha value is -0.380. The predicted molar refractivity (Wildman–Crippen MR) is 78.0 cm³/mol. The number of hydrogen-bond donors (Lipinski definition) is 1. The lowest BCUT2D eigenvalue weighted by atomic mass is 10.0. The largest absolute Gasteiger partial charge is 0.338 e. The molecule has 1 aliphatic heterocycles. The number of carbonyl (C=O) groups excluding carboxylic acids is 1. The Kier molecular flexibility index (Phi) is 5.67. The second kappa shape index (κ2) is 7.27. The smallest absolute Gasteiger partial charge is 0.317 e. The fourth-order valence-corrected chi connectivity index (χ4v) is 3.75. The number of nitrogens with one attached hydrogen (secondary N) is 1. The number of urea groups is 1. The van der Waals surface area contributed by atoms with Gasteiger partial charge >= 0.3 is 6.03 Å². The Bertz CT molecular complexity index is 261. The quantitative estimate of drug-likeness (QED) is 0.753. The highest BCUT2D eigenvalue weighted by Crippen LogP contribution is 2.37. The molecule has 2 fully saturated rings. The van der Waals surface area contributed by atoms with Crippen LogP contribution < -0.4 is 5.32 Å². The van der Waals surface area contributed by atoms with Crippen molar-refractivity contribution in [3.63, 3.8) is 0 Å². The van der Waals surface area contributed by atoms with Crippen LogP contribution in [0.3, 0.4) is 0 Å². The van der Waals surface area contributed by atoms with E-state index in [1.807, 2.05) is 16.7 Å². The van der Waals surface area contributed by atoms with Gasteiger partial charge in [0.25, 0.3) is 0 Å². The van der Waals surface area contributed by atoms with Gasteiger partial charge in [-0.15, -0.1) is 0 Å². The Balaban J connectivity index is 1.55. The molecule has 0 unspecified atom stereocenters. The zero-order chi connectivity index (χ0) is 12.8. The Morgan fingerprint density at radius 1 is 1.22 bits per heavy atom.